The molecule has 0 saturated heterocycles. The van der Waals surface area contributed by atoms with Crippen molar-refractivity contribution < 1.29 is 17.4 Å². The SMILES string of the molecule is CN1C(c2ccccc2)C(c2ccccc2)=[NH+]C1(C)C.[Cl-]. The third-order valence-corrected chi connectivity index (χ3v) is 4.18. The van der Waals surface area contributed by atoms with Crippen LogP contribution < -0.4 is 17.4 Å². The van der Waals surface area contributed by atoms with Gasteiger partial charge in [-0.2, -0.15) is 0 Å². The molecule has 2 aromatic carbocycles. The second kappa shape index (κ2) is 6.00. The molecule has 0 radical (unpaired) electrons. The highest BCUT2D eigenvalue weighted by atomic mass is 35.5. The Bertz CT molecular complexity index is 620. The fraction of sp³-hybridized carbons (Fsp3) is 0.278. The summed E-state index contributed by atoms with van der Waals surface area (Å²) in [6, 6.07) is 21.6. The monoisotopic (exact) mass is 300 g/mol. The van der Waals surface area contributed by atoms with E-state index < -0.39 is 0 Å². The van der Waals surface area contributed by atoms with E-state index in [0.717, 1.165) is 0 Å². The Kier molecular flexibility index (Phi) is 4.50. The van der Waals surface area contributed by atoms with Crippen LogP contribution in [0.5, 0.6) is 0 Å². The molecule has 0 saturated carbocycles. The molecule has 21 heavy (non-hydrogen) atoms. The maximum atomic E-state index is 3.69. The molecular formula is C18H21ClN2. The molecule has 0 bridgehead atoms. The molecule has 0 aromatic heterocycles. The summed E-state index contributed by atoms with van der Waals surface area (Å²) in [7, 11) is 2.18. The van der Waals surface area contributed by atoms with Crippen LogP contribution in [-0.4, -0.2) is 23.3 Å². The van der Waals surface area contributed by atoms with Crippen molar-refractivity contribution in [2.75, 3.05) is 7.05 Å². The number of hydrogen-bond donors (Lipinski definition) is 1. The van der Waals surface area contributed by atoms with Crippen molar-refractivity contribution in [1.82, 2.24) is 4.90 Å². The Labute approximate surface area is 132 Å². The second-order valence-corrected chi connectivity index (χ2v) is 5.89. The number of hydrogen-bond acceptors (Lipinski definition) is 1. The van der Waals surface area contributed by atoms with Crippen LogP contribution in [0.25, 0.3) is 0 Å². The van der Waals surface area contributed by atoms with E-state index in [-0.39, 0.29) is 24.1 Å². The zero-order valence-electron chi connectivity index (χ0n) is 12.7. The zero-order chi connectivity index (χ0) is 14.2. The van der Waals surface area contributed by atoms with Gasteiger partial charge in [-0.1, -0.05) is 48.5 Å². The first kappa shape index (κ1) is 15.7. The van der Waals surface area contributed by atoms with E-state index in [1.165, 1.54) is 16.8 Å². The molecule has 2 nitrogen and oxygen atoms in total. The lowest BCUT2D eigenvalue weighted by molar-refractivity contribution is -0.560. The van der Waals surface area contributed by atoms with Crippen molar-refractivity contribution in [3.8, 4) is 0 Å². The highest BCUT2D eigenvalue weighted by Gasteiger charge is 2.46. The van der Waals surface area contributed by atoms with Gasteiger partial charge >= 0.3 is 0 Å². The van der Waals surface area contributed by atoms with Crippen molar-refractivity contribution >= 4 is 5.71 Å². The number of nitrogens with zero attached hydrogens (tertiary/aromatic N) is 1. The van der Waals surface area contributed by atoms with Crippen LogP contribution in [0, 0.1) is 0 Å². The lowest BCUT2D eigenvalue weighted by atomic mass is 9.96. The number of benzene rings is 2. The molecule has 0 aliphatic carbocycles. The Morgan fingerprint density at radius 3 is 2.00 bits per heavy atom. The minimum Gasteiger partial charge on any atom is -1.00 e. The number of halogens is 1. The Hall–Kier alpha value is -1.64. The summed E-state index contributed by atoms with van der Waals surface area (Å²) < 4.78 is 0. The van der Waals surface area contributed by atoms with Gasteiger partial charge in [-0.25, -0.2) is 9.89 Å². The van der Waals surface area contributed by atoms with Crippen LogP contribution in [0.15, 0.2) is 60.7 Å². The quantitative estimate of drug-likeness (QED) is 0.752. The zero-order valence-corrected chi connectivity index (χ0v) is 13.4. The van der Waals surface area contributed by atoms with Gasteiger partial charge in [-0.3, -0.25) is 0 Å². The van der Waals surface area contributed by atoms with Crippen LogP contribution in [0.3, 0.4) is 0 Å². The van der Waals surface area contributed by atoms with Gasteiger partial charge in [0.15, 0.2) is 0 Å². The highest BCUT2D eigenvalue weighted by Crippen LogP contribution is 2.29. The molecule has 110 valence electrons. The largest absolute Gasteiger partial charge is 1.00 e. The molecule has 1 heterocycles. The molecule has 1 atom stereocenters. The van der Waals surface area contributed by atoms with Crippen LogP contribution in [0.4, 0.5) is 0 Å². The maximum Gasteiger partial charge on any atom is 0.212 e. The summed E-state index contributed by atoms with van der Waals surface area (Å²) in [5.41, 5.74) is 3.82. The summed E-state index contributed by atoms with van der Waals surface area (Å²) in [6.45, 7) is 4.44. The summed E-state index contributed by atoms with van der Waals surface area (Å²) in [5, 5.41) is 0. The third kappa shape index (κ3) is 2.87. The molecule has 3 heteroatoms. The van der Waals surface area contributed by atoms with Gasteiger partial charge in [0, 0.05) is 19.4 Å². The lowest BCUT2D eigenvalue weighted by Crippen LogP contribution is -3.00. The fourth-order valence-electron chi connectivity index (χ4n) is 2.88. The molecular weight excluding hydrogens is 280 g/mol. The van der Waals surface area contributed by atoms with Gasteiger partial charge < -0.3 is 12.4 Å². The van der Waals surface area contributed by atoms with Gasteiger partial charge in [0.25, 0.3) is 0 Å². The number of rotatable bonds is 2. The normalized spacial score (nSPS) is 20.7. The predicted molar refractivity (Wildman–Crippen MR) is 82.5 cm³/mol. The van der Waals surface area contributed by atoms with Crippen molar-refractivity contribution in [1.29, 1.82) is 0 Å². The van der Waals surface area contributed by atoms with Gasteiger partial charge in [0.1, 0.15) is 6.04 Å². The summed E-state index contributed by atoms with van der Waals surface area (Å²) >= 11 is 0. The van der Waals surface area contributed by atoms with Crippen LogP contribution >= 0.6 is 0 Å². The predicted octanol–water partition coefficient (Wildman–Crippen LogP) is -1.02. The van der Waals surface area contributed by atoms with Crippen molar-refractivity contribution in [3.05, 3.63) is 71.8 Å². The standard InChI is InChI=1S/C18H20N2.ClH/c1-18(2)19-16(14-10-6-4-7-11-14)17(20(18)3)15-12-8-5-9-13-15;/h4-13,17H,1-3H3;1H. The number of likely N-dealkylation sites (N-methyl/N-ethyl adjacent to an activating group) is 1. The first-order valence-corrected chi connectivity index (χ1v) is 7.08. The molecule has 1 unspecified atom stereocenters. The molecule has 2 aromatic rings. The lowest BCUT2D eigenvalue weighted by Gasteiger charge is -2.25. The molecule has 0 spiro atoms. The second-order valence-electron chi connectivity index (χ2n) is 5.89. The smallest absolute Gasteiger partial charge is 0.212 e. The Morgan fingerprint density at radius 1 is 0.905 bits per heavy atom. The fourth-order valence-corrected chi connectivity index (χ4v) is 2.88. The van der Waals surface area contributed by atoms with E-state index in [4.69, 9.17) is 0 Å². The van der Waals surface area contributed by atoms with Crippen LogP contribution in [0.1, 0.15) is 31.0 Å². The summed E-state index contributed by atoms with van der Waals surface area (Å²) in [6.07, 6.45) is 0. The third-order valence-electron chi connectivity index (χ3n) is 4.18. The molecule has 1 aliphatic heterocycles. The van der Waals surface area contributed by atoms with E-state index in [2.05, 4.69) is 91.5 Å². The van der Waals surface area contributed by atoms with Crippen molar-refractivity contribution in [2.24, 2.45) is 0 Å². The van der Waals surface area contributed by atoms with Crippen molar-refractivity contribution in [2.45, 2.75) is 25.6 Å². The van der Waals surface area contributed by atoms with E-state index in [1.54, 1.807) is 0 Å². The topological polar surface area (TPSA) is 17.2 Å². The van der Waals surface area contributed by atoms with Gasteiger partial charge in [0.2, 0.25) is 11.4 Å². The average molecular weight is 301 g/mol. The molecule has 1 aliphatic rings. The van der Waals surface area contributed by atoms with Gasteiger partial charge in [-0.15, -0.1) is 0 Å². The van der Waals surface area contributed by atoms with Crippen LogP contribution in [0.2, 0.25) is 0 Å². The maximum absolute atomic E-state index is 3.69. The van der Waals surface area contributed by atoms with Gasteiger partial charge in [-0.05, 0) is 24.7 Å². The first-order valence-electron chi connectivity index (χ1n) is 7.08. The van der Waals surface area contributed by atoms with Crippen LogP contribution in [-0.2, 0) is 0 Å². The van der Waals surface area contributed by atoms with Gasteiger partial charge in [0.05, 0.1) is 0 Å². The van der Waals surface area contributed by atoms with E-state index in [0.29, 0.717) is 0 Å². The molecule has 0 amide bonds. The molecule has 3 rings (SSSR count). The number of nitrogens with one attached hydrogen (secondary N) is 1. The van der Waals surface area contributed by atoms with E-state index >= 15 is 0 Å². The summed E-state index contributed by atoms with van der Waals surface area (Å²) in [4.78, 5) is 6.08. The molecule has 0 fully saturated rings. The Balaban J connectivity index is 0.00000161. The Morgan fingerprint density at radius 2 is 1.43 bits per heavy atom. The minimum atomic E-state index is -0.0499. The molecule has 1 N–H and O–H groups in total. The van der Waals surface area contributed by atoms with Crippen molar-refractivity contribution in [3.63, 3.8) is 0 Å². The van der Waals surface area contributed by atoms with E-state index in [9.17, 15) is 0 Å². The summed E-state index contributed by atoms with van der Waals surface area (Å²) in [5.74, 6) is 0. The average Bonchev–Trinajstić information content (AvgIpc) is 2.72. The first-order chi connectivity index (χ1) is 9.59. The minimum absolute atomic E-state index is 0. The highest BCUT2D eigenvalue weighted by molar-refractivity contribution is 6.01. The van der Waals surface area contributed by atoms with E-state index in [1.807, 2.05) is 0 Å².